The lowest BCUT2D eigenvalue weighted by Crippen LogP contribution is -2.24. The Hall–Kier alpha value is -3.68. The number of hydrogen-bond acceptors (Lipinski definition) is 4. The van der Waals surface area contributed by atoms with Gasteiger partial charge in [-0.15, -0.1) is 0 Å². The van der Waals surface area contributed by atoms with Crippen LogP contribution in [0.1, 0.15) is 34.5 Å². The predicted octanol–water partition coefficient (Wildman–Crippen LogP) is 12.0. The summed E-state index contributed by atoms with van der Waals surface area (Å²) in [6.45, 7) is 3.06. The standard InChI is InChI=1S/C22H21Cl2NO.C14H14ClN.C8H7ClO/c1-25(15-22(26)18-10-12-19(23)13-11-18)14-16-6-8-17(9-7-16)20-4-2-3-5-21(20)24;1-16-10-11-6-8-12(9-7-11)13-4-2-3-5-14(13)15;9-7-3-1-6(2-4-7)8-5-10-8/h2-13,22,26H,14-15H2,1H3;2-9,16H,10H2,1H3;1-4,8H,5H2. The van der Waals surface area contributed by atoms with Crippen LogP contribution in [0.3, 0.4) is 0 Å². The van der Waals surface area contributed by atoms with Crippen molar-refractivity contribution in [3.8, 4) is 22.3 Å². The van der Waals surface area contributed by atoms with Crippen LogP contribution in [-0.2, 0) is 17.8 Å². The molecule has 2 unspecified atom stereocenters. The highest BCUT2D eigenvalue weighted by atomic mass is 35.5. The van der Waals surface area contributed by atoms with E-state index in [1.807, 2.05) is 99.0 Å². The summed E-state index contributed by atoms with van der Waals surface area (Å²) in [6, 6.07) is 47.7. The summed E-state index contributed by atoms with van der Waals surface area (Å²) in [7, 11) is 3.95. The van der Waals surface area contributed by atoms with Gasteiger partial charge < -0.3 is 15.2 Å². The molecule has 52 heavy (non-hydrogen) atoms. The normalized spacial score (nSPS) is 13.7. The summed E-state index contributed by atoms with van der Waals surface area (Å²) < 4.78 is 5.09. The molecule has 0 aliphatic carbocycles. The van der Waals surface area contributed by atoms with Crippen molar-refractivity contribution in [2.45, 2.75) is 25.3 Å². The van der Waals surface area contributed by atoms with Crippen LogP contribution in [0.15, 0.2) is 146 Å². The van der Waals surface area contributed by atoms with Gasteiger partial charge in [0.2, 0.25) is 0 Å². The summed E-state index contributed by atoms with van der Waals surface area (Å²) >= 11 is 24.0. The highest BCUT2D eigenvalue weighted by Crippen LogP contribution is 2.31. The van der Waals surface area contributed by atoms with Crippen LogP contribution < -0.4 is 5.32 Å². The molecular weight excluding hydrogens is 730 g/mol. The third kappa shape index (κ3) is 12.2. The van der Waals surface area contributed by atoms with Gasteiger partial charge in [0.05, 0.1) is 12.7 Å². The van der Waals surface area contributed by atoms with E-state index in [0.29, 0.717) is 17.7 Å². The quantitative estimate of drug-likeness (QED) is 0.136. The van der Waals surface area contributed by atoms with Crippen molar-refractivity contribution < 1.29 is 9.84 Å². The fraction of sp³-hybridized carbons (Fsp3) is 0.182. The zero-order valence-electron chi connectivity index (χ0n) is 29.2. The highest BCUT2D eigenvalue weighted by Gasteiger charge is 2.24. The van der Waals surface area contributed by atoms with E-state index in [0.717, 1.165) is 62.6 Å². The first kappa shape index (κ1) is 39.5. The van der Waals surface area contributed by atoms with Crippen molar-refractivity contribution in [2.75, 3.05) is 27.2 Å². The highest BCUT2D eigenvalue weighted by molar-refractivity contribution is 6.33. The molecule has 0 bridgehead atoms. The number of aliphatic hydroxyl groups excluding tert-OH is 1. The molecular formula is C44H42Cl4N2O2. The molecule has 8 heteroatoms. The molecule has 1 aliphatic heterocycles. The Morgan fingerprint density at radius 3 is 1.58 bits per heavy atom. The van der Waals surface area contributed by atoms with Gasteiger partial charge in [0.15, 0.2) is 0 Å². The molecule has 0 radical (unpaired) electrons. The van der Waals surface area contributed by atoms with Gasteiger partial charge in [-0.2, -0.15) is 0 Å². The van der Waals surface area contributed by atoms with Gasteiger partial charge in [-0.3, -0.25) is 4.90 Å². The largest absolute Gasteiger partial charge is 0.387 e. The Morgan fingerprint density at radius 1 is 0.654 bits per heavy atom. The van der Waals surface area contributed by atoms with Gasteiger partial charge in [0.25, 0.3) is 0 Å². The van der Waals surface area contributed by atoms with Crippen molar-refractivity contribution in [1.29, 1.82) is 0 Å². The van der Waals surface area contributed by atoms with Crippen LogP contribution in [-0.4, -0.2) is 37.3 Å². The molecule has 2 atom stereocenters. The molecule has 1 saturated heterocycles. The number of epoxide rings is 1. The van der Waals surface area contributed by atoms with Gasteiger partial charge in [-0.25, -0.2) is 0 Å². The Morgan fingerprint density at radius 2 is 1.12 bits per heavy atom. The molecule has 1 aliphatic rings. The second kappa shape index (κ2) is 20.0. The third-order valence-corrected chi connectivity index (χ3v) is 9.59. The van der Waals surface area contributed by atoms with Gasteiger partial charge >= 0.3 is 0 Å². The molecule has 6 aromatic carbocycles. The Labute approximate surface area is 327 Å². The van der Waals surface area contributed by atoms with Crippen LogP contribution in [0.4, 0.5) is 0 Å². The minimum atomic E-state index is -0.542. The van der Waals surface area contributed by atoms with Crippen molar-refractivity contribution in [3.63, 3.8) is 0 Å². The van der Waals surface area contributed by atoms with Gasteiger partial charge in [0, 0.05) is 50.9 Å². The second-order valence-corrected chi connectivity index (χ2v) is 14.2. The molecule has 2 N–H and O–H groups in total. The van der Waals surface area contributed by atoms with E-state index in [-0.39, 0.29) is 0 Å². The summed E-state index contributed by atoms with van der Waals surface area (Å²) in [5.74, 6) is 0. The van der Waals surface area contributed by atoms with Crippen LogP contribution in [0.2, 0.25) is 20.1 Å². The maximum Gasteiger partial charge on any atom is 0.106 e. The average Bonchev–Trinajstić information content (AvgIpc) is 4.00. The lowest BCUT2D eigenvalue weighted by Gasteiger charge is -2.21. The smallest absolute Gasteiger partial charge is 0.106 e. The lowest BCUT2D eigenvalue weighted by atomic mass is 10.0. The van der Waals surface area contributed by atoms with E-state index in [2.05, 4.69) is 58.7 Å². The maximum absolute atomic E-state index is 10.4. The number of benzene rings is 6. The van der Waals surface area contributed by atoms with Gasteiger partial charge in [-0.05, 0) is 83.9 Å². The van der Waals surface area contributed by atoms with E-state index >= 15 is 0 Å². The van der Waals surface area contributed by atoms with Crippen molar-refractivity contribution in [2.24, 2.45) is 0 Å². The van der Waals surface area contributed by atoms with Crippen LogP contribution in [0.25, 0.3) is 22.3 Å². The van der Waals surface area contributed by atoms with E-state index in [1.165, 1.54) is 16.7 Å². The SMILES string of the molecule is CN(Cc1ccc(-c2ccccc2Cl)cc1)CC(O)c1ccc(Cl)cc1.CNCc1ccc(-c2ccccc2Cl)cc1.Clc1ccc(C2CO2)cc1. The average molecular weight is 773 g/mol. The number of likely N-dealkylation sites (N-methyl/N-ethyl adjacent to an activating group) is 1. The minimum Gasteiger partial charge on any atom is -0.387 e. The molecule has 0 aromatic heterocycles. The number of nitrogens with zero attached hydrogens (tertiary/aromatic N) is 1. The molecule has 0 spiro atoms. The topological polar surface area (TPSA) is 48.0 Å². The van der Waals surface area contributed by atoms with Crippen molar-refractivity contribution in [3.05, 3.63) is 188 Å². The summed E-state index contributed by atoms with van der Waals surface area (Å²) in [4.78, 5) is 2.10. The number of rotatable bonds is 10. The first-order valence-corrected chi connectivity index (χ1v) is 18.5. The number of hydrogen-bond donors (Lipinski definition) is 2. The number of ether oxygens (including phenoxy) is 1. The van der Waals surface area contributed by atoms with Crippen LogP contribution in [0, 0.1) is 0 Å². The molecule has 7 rings (SSSR count). The third-order valence-electron chi connectivity index (χ3n) is 8.43. The first-order valence-electron chi connectivity index (χ1n) is 17.0. The van der Waals surface area contributed by atoms with Crippen LogP contribution >= 0.6 is 46.4 Å². The fourth-order valence-electron chi connectivity index (χ4n) is 5.57. The molecule has 4 nitrogen and oxygen atoms in total. The maximum atomic E-state index is 10.4. The minimum absolute atomic E-state index is 0.345. The summed E-state index contributed by atoms with van der Waals surface area (Å²) in [5, 5.41) is 16.5. The van der Waals surface area contributed by atoms with Crippen molar-refractivity contribution >= 4 is 46.4 Å². The second-order valence-electron chi connectivity index (χ2n) is 12.5. The predicted molar refractivity (Wildman–Crippen MR) is 219 cm³/mol. The Balaban J connectivity index is 0.000000169. The fourth-order valence-corrected chi connectivity index (χ4v) is 6.31. The van der Waals surface area contributed by atoms with E-state index in [4.69, 9.17) is 51.1 Å². The lowest BCUT2D eigenvalue weighted by molar-refractivity contribution is 0.124. The van der Waals surface area contributed by atoms with E-state index in [9.17, 15) is 5.11 Å². The van der Waals surface area contributed by atoms with Gasteiger partial charge in [0.1, 0.15) is 6.10 Å². The molecule has 6 aromatic rings. The zero-order chi connectivity index (χ0) is 36.9. The molecule has 1 heterocycles. The van der Waals surface area contributed by atoms with Gasteiger partial charge in [-0.1, -0.05) is 156 Å². The Bertz CT molecular complexity index is 1970. The molecule has 0 saturated carbocycles. The molecule has 1 fully saturated rings. The molecule has 0 amide bonds. The van der Waals surface area contributed by atoms with Crippen molar-refractivity contribution in [1.82, 2.24) is 10.2 Å². The first-order chi connectivity index (χ1) is 25.2. The number of nitrogens with one attached hydrogen (secondary N) is 1. The number of aliphatic hydroxyl groups is 1. The Kier molecular flexibility index (Phi) is 15.2. The summed E-state index contributed by atoms with van der Waals surface area (Å²) in [5.41, 5.74) is 8.94. The zero-order valence-corrected chi connectivity index (χ0v) is 32.2. The van der Waals surface area contributed by atoms with E-state index in [1.54, 1.807) is 12.1 Å². The van der Waals surface area contributed by atoms with Crippen LogP contribution in [0.5, 0.6) is 0 Å². The molecule has 268 valence electrons. The monoisotopic (exact) mass is 770 g/mol. The van der Waals surface area contributed by atoms with E-state index < -0.39 is 6.10 Å². The summed E-state index contributed by atoms with van der Waals surface area (Å²) in [6.07, 6.45) is -0.197. The number of halogens is 4.